The maximum atomic E-state index is 11.2. The lowest BCUT2D eigenvalue weighted by atomic mass is 10.1. The molecule has 0 fully saturated rings. The van der Waals surface area contributed by atoms with Gasteiger partial charge in [-0.05, 0) is 19.8 Å². The Bertz CT molecular complexity index is 206. The van der Waals surface area contributed by atoms with Crippen molar-refractivity contribution >= 4 is 11.9 Å². The van der Waals surface area contributed by atoms with Crippen LogP contribution in [-0.2, 0) is 9.59 Å². The fourth-order valence-corrected chi connectivity index (χ4v) is 0.947. The Kier molecular flexibility index (Phi) is 5.87. The molecule has 82 valence electrons. The molecule has 0 aliphatic carbocycles. The van der Waals surface area contributed by atoms with Gasteiger partial charge in [-0.1, -0.05) is 6.92 Å². The van der Waals surface area contributed by atoms with Crippen LogP contribution in [0.5, 0.6) is 0 Å². The zero-order valence-corrected chi connectivity index (χ0v) is 8.62. The molecule has 5 heteroatoms. The summed E-state index contributed by atoms with van der Waals surface area (Å²) in [6.45, 7) is 3.59. The van der Waals surface area contributed by atoms with Crippen LogP contribution in [0.1, 0.15) is 33.1 Å². The molecule has 14 heavy (non-hydrogen) atoms. The van der Waals surface area contributed by atoms with E-state index in [4.69, 9.17) is 10.8 Å². The van der Waals surface area contributed by atoms with E-state index in [1.165, 1.54) is 0 Å². The summed E-state index contributed by atoms with van der Waals surface area (Å²) in [5.74, 6) is -1.07. The van der Waals surface area contributed by atoms with Gasteiger partial charge >= 0.3 is 5.97 Å². The topological polar surface area (TPSA) is 92.4 Å². The quantitative estimate of drug-likeness (QED) is 0.569. The van der Waals surface area contributed by atoms with Crippen molar-refractivity contribution in [3.8, 4) is 0 Å². The highest BCUT2D eigenvalue weighted by Gasteiger charge is 2.13. The van der Waals surface area contributed by atoms with Gasteiger partial charge in [0, 0.05) is 12.5 Å². The van der Waals surface area contributed by atoms with Crippen LogP contribution in [0.25, 0.3) is 0 Å². The number of hydrogen-bond acceptors (Lipinski definition) is 3. The molecule has 0 spiro atoms. The first-order valence-electron chi connectivity index (χ1n) is 4.75. The standard InChI is InChI=1S/C9H18N2O3/c1-3-7(10)9(14)11-6(2)4-5-8(12)13/h6-7H,3-5,10H2,1-2H3,(H,11,14)(H,12,13)/t6?,7-/m1/s1. The van der Waals surface area contributed by atoms with Gasteiger partial charge in [0.25, 0.3) is 0 Å². The van der Waals surface area contributed by atoms with Crippen molar-refractivity contribution < 1.29 is 14.7 Å². The lowest BCUT2D eigenvalue weighted by Crippen LogP contribution is -2.44. The van der Waals surface area contributed by atoms with Gasteiger partial charge in [-0.2, -0.15) is 0 Å². The van der Waals surface area contributed by atoms with Gasteiger partial charge in [0.15, 0.2) is 0 Å². The molecule has 0 aromatic carbocycles. The van der Waals surface area contributed by atoms with Crippen molar-refractivity contribution in [2.45, 2.75) is 45.2 Å². The Hall–Kier alpha value is -1.10. The summed E-state index contributed by atoms with van der Waals surface area (Å²) in [5, 5.41) is 11.1. The number of hydrogen-bond donors (Lipinski definition) is 3. The predicted molar refractivity (Wildman–Crippen MR) is 52.7 cm³/mol. The van der Waals surface area contributed by atoms with E-state index in [0.29, 0.717) is 12.8 Å². The van der Waals surface area contributed by atoms with E-state index in [9.17, 15) is 9.59 Å². The van der Waals surface area contributed by atoms with Crippen LogP contribution < -0.4 is 11.1 Å². The third-order valence-corrected chi connectivity index (χ3v) is 1.96. The fourth-order valence-electron chi connectivity index (χ4n) is 0.947. The summed E-state index contributed by atoms with van der Waals surface area (Å²) in [5.41, 5.74) is 5.49. The van der Waals surface area contributed by atoms with Crippen LogP contribution in [-0.4, -0.2) is 29.1 Å². The molecule has 1 unspecified atom stereocenters. The van der Waals surface area contributed by atoms with Crippen LogP contribution in [0, 0.1) is 0 Å². The molecule has 0 saturated carbocycles. The minimum absolute atomic E-state index is 0.0583. The molecule has 0 aliphatic heterocycles. The van der Waals surface area contributed by atoms with E-state index in [1.54, 1.807) is 6.92 Å². The Balaban J connectivity index is 3.76. The highest BCUT2D eigenvalue weighted by molar-refractivity contribution is 5.81. The number of carboxylic acids is 1. The van der Waals surface area contributed by atoms with Gasteiger partial charge < -0.3 is 16.2 Å². The average Bonchev–Trinajstić information content (AvgIpc) is 2.13. The number of carbonyl (C=O) groups excluding carboxylic acids is 1. The second kappa shape index (κ2) is 6.37. The highest BCUT2D eigenvalue weighted by atomic mass is 16.4. The second-order valence-electron chi connectivity index (χ2n) is 3.36. The van der Waals surface area contributed by atoms with Crippen molar-refractivity contribution in [3.05, 3.63) is 0 Å². The summed E-state index contributed by atoms with van der Waals surface area (Å²) in [6.07, 6.45) is 1.07. The molecule has 0 bridgehead atoms. The molecule has 0 radical (unpaired) electrons. The molecule has 4 N–H and O–H groups in total. The van der Waals surface area contributed by atoms with E-state index in [0.717, 1.165) is 0 Å². The zero-order valence-electron chi connectivity index (χ0n) is 8.62. The highest BCUT2D eigenvalue weighted by Crippen LogP contribution is 1.97. The van der Waals surface area contributed by atoms with E-state index >= 15 is 0 Å². The summed E-state index contributed by atoms with van der Waals surface area (Å²) in [6, 6.07) is -0.640. The lowest BCUT2D eigenvalue weighted by molar-refractivity contribution is -0.137. The molecular weight excluding hydrogens is 184 g/mol. The summed E-state index contributed by atoms with van der Waals surface area (Å²) in [7, 11) is 0. The Morgan fingerprint density at radius 3 is 2.50 bits per heavy atom. The molecule has 2 atom stereocenters. The molecule has 0 aromatic rings. The predicted octanol–water partition coefficient (Wildman–Crippen LogP) is 0.0932. The van der Waals surface area contributed by atoms with Gasteiger partial charge in [-0.25, -0.2) is 0 Å². The van der Waals surface area contributed by atoms with Crippen LogP contribution in [0.2, 0.25) is 0 Å². The molecule has 0 rings (SSSR count). The molecule has 0 saturated heterocycles. The number of aliphatic carboxylic acids is 1. The number of amides is 1. The summed E-state index contributed by atoms with van der Waals surface area (Å²) < 4.78 is 0. The molecule has 0 heterocycles. The SMILES string of the molecule is CC[C@@H](N)C(=O)NC(C)CCC(=O)O. The summed E-state index contributed by atoms with van der Waals surface area (Å²) >= 11 is 0. The van der Waals surface area contributed by atoms with Gasteiger partial charge in [0.1, 0.15) is 0 Å². The molecular formula is C9H18N2O3. The number of rotatable bonds is 6. The lowest BCUT2D eigenvalue weighted by Gasteiger charge is -2.15. The van der Waals surface area contributed by atoms with E-state index in [1.807, 2.05) is 6.92 Å². The van der Waals surface area contributed by atoms with E-state index in [-0.39, 0.29) is 18.4 Å². The normalized spacial score (nSPS) is 14.5. The van der Waals surface area contributed by atoms with Crippen LogP contribution >= 0.6 is 0 Å². The maximum Gasteiger partial charge on any atom is 0.303 e. The third kappa shape index (κ3) is 5.53. The Labute approximate surface area is 83.7 Å². The molecule has 0 aromatic heterocycles. The maximum absolute atomic E-state index is 11.2. The van der Waals surface area contributed by atoms with Crippen molar-refractivity contribution in [1.29, 1.82) is 0 Å². The smallest absolute Gasteiger partial charge is 0.303 e. The fraction of sp³-hybridized carbons (Fsp3) is 0.778. The van der Waals surface area contributed by atoms with Gasteiger partial charge in [0.2, 0.25) is 5.91 Å². The number of nitrogens with one attached hydrogen (secondary N) is 1. The van der Waals surface area contributed by atoms with Gasteiger partial charge in [-0.15, -0.1) is 0 Å². The van der Waals surface area contributed by atoms with E-state index in [2.05, 4.69) is 5.32 Å². The van der Waals surface area contributed by atoms with Crippen LogP contribution in [0.15, 0.2) is 0 Å². The third-order valence-electron chi connectivity index (χ3n) is 1.96. The minimum Gasteiger partial charge on any atom is -0.481 e. The van der Waals surface area contributed by atoms with Crippen LogP contribution in [0.4, 0.5) is 0 Å². The van der Waals surface area contributed by atoms with Crippen molar-refractivity contribution in [2.24, 2.45) is 5.73 Å². The summed E-state index contributed by atoms with van der Waals surface area (Å²) in [4.78, 5) is 21.5. The number of carboxylic acid groups (broad SMARTS) is 1. The minimum atomic E-state index is -0.856. The van der Waals surface area contributed by atoms with Crippen LogP contribution in [0.3, 0.4) is 0 Å². The number of nitrogens with two attached hydrogens (primary N) is 1. The first-order valence-corrected chi connectivity index (χ1v) is 4.75. The Morgan fingerprint density at radius 2 is 2.07 bits per heavy atom. The number of carbonyl (C=O) groups is 2. The van der Waals surface area contributed by atoms with Crippen molar-refractivity contribution in [2.75, 3.05) is 0 Å². The monoisotopic (exact) mass is 202 g/mol. The van der Waals surface area contributed by atoms with Crippen molar-refractivity contribution in [1.82, 2.24) is 5.32 Å². The molecule has 0 aliphatic rings. The second-order valence-corrected chi connectivity index (χ2v) is 3.36. The molecule has 1 amide bonds. The Morgan fingerprint density at radius 1 is 1.50 bits per heavy atom. The van der Waals surface area contributed by atoms with Gasteiger partial charge in [0.05, 0.1) is 6.04 Å². The largest absolute Gasteiger partial charge is 0.481 e. The van der Waals surface area contributed by atoms with Gasteiger partial charge in [-0.3, -0.25) is 9.59 Å². The zero-order chi connectivity index (χ0) is 11.1. The molecule has 5 nitrogen and oxygen atoms in total. The van der Waals surface area contributed by atoms with E-state index < -0.39 is 12.0 Å². The first kappa shape index (κ1) is 12.9. The van der Waals surface area contributed by atoms with Crippen molar-refractivity contribution in [3.63, 3.8) is 0 Å². The average molecular weight is 202 g/mol. The first-order chi connectivity index (χ1) is 6.47.